The molecule has 2 aromatic carbocycles. The Morgan fingerprint density at radius 2 is 1.68 bits per heavy atom. The summed E-state index contributed by atoms with van der Waals surface area (Å²) in [5.41, 5.74) is 3.87. The summed E-state index contributed by atoms with van der Waals surface area (Å²) in [4.78, 5) is 27.0. The summed E-state index contributed by atoms with van der Waals surface area (Å²) in [5.74, 6) is -0.619. The summed E-state index contributed by atoms with van der Waals surface area (Å²) >= 11 is 1.27. The molecule has 0 radical (unpaired) electrons. The highest BCUT2D eigenvalue weighted by atomic mass is 32.2. The van der Waals surface area contributed by atoms with Crippen LogP contribution in [0.3, 0.4) is 0 Å². The molecule has 1 atom stereocenters. The number of amides is 2. The van der Waals surface area contributed by atoms with Gasteiger partial charge in [0.1, 0.15) is 16.7 Å². The van der Waals surface area contributed by atoms with Gasteiger partial charge in [0.25, 0.3) is 5.91 Å². The molecule has 5 nitrogen and oxygen atoms in total. The molecule has 0 aromatic heterocycles. The van der Waals surface area contributed by atoms with Crippen molar-refractivity contribution in [3.8, 4) is 6.07 Å². The Kier molecular flexibility index (Phi) is 5.86. The van der Waals surface area contributed by atoms with E-state index in [0.29, 0.717) is 17.1 Å². The van der Waals surface area contributed by atoms with Gasteiger partial charge in [0.05, 0.1) is 5.25 Å². The Balaban J connectivity index is 2.03. The molecule has 1 aliphatic rings. The molecular weight excluding hydrogens is 370 g/mol. The number of nitriles is 1. The van der Waals surface area contributed by atoms with Crippen LogP contribution >= 0.6 is 11.8 Å². The van der Waals surface area contributed by atoms with Gasteiger partial charge in [-0.2, -0.15) is 5.26 Å². The molecule has 1 heterocycles. The summed E-state index contributed by atoms with van der Waals surface area (Å²) < 4.78 is 0. The van der Waals surface area contributed by atoms with Crippen molar-refractivity contribution < 1.29 is 9.59 Å². The number of hydrogen-bond donors (Lipinski definition) is 1. The monoisotopic (exact) mass is 391 g/mol. The molecular formula is C22H21N3O2S. The van der Waals surface area contributed by atoms with Crippen molar-refractivity contribution in [3.63, 3.8) is 0 Å². The minimum absolute atomic E-state index is 0.0483. The lowest BCUT2D eigenvalue weighted by molar-refractivity contribution is -0.117. The minimum atomic E-state index is -0.495. The number of benzene rings is 2. The standard InChI is InChI=1S/C22H21N3O2S/c1-14-4-8-16(9-5-14)12-19-21(27)25(17-10-6-15(2)7-11-17)22(28-19)18(13-23)20(26)24-3/h4-11,19H,12H2,1-3H3,(H,24,26)/b22-18-. The first-order chi connectivity index (χ1) is 13.4. The average Bonchev–Trinajstić information content (AvgIpc) is 3.00. The SMILES string of the molecule is CNC(=O)/C(C#N)=C1\SC(Cc2ccc(C)cc2)C(=O)N1c1ccc(C)cc1. The third kappa shape index (κ3) is 3.95. The Hall–Kier alpha value is -3.04. The first-order valence-electron chi connectivity index (χ1n) is 8.94. The molecule has 1 saturated heterocycles. The number of rotatable bonds is 4. The van der Waals surface area contributed by atoms with E-state index in [0.717, 1.165) is 16.7 Å². The topological polar surface area (TPSA) is 73.2 Å². The lowest BCUT2D eigenvalue weighted by Gasteiger charge is -2.18. The highest BCUT2D eigenvalue weighted by Gasteiger charge is 2.40. The van der Waals surface area contributed by atoms with Gasteiger partial charge in [-0.3, -0.25) is 14.5 Å². The lowest BCUT2D eigenvalue weighted by atomic mass is 10.1. The van der Waals surface area contributed by atoms with E-state index in [9.17, 15) is 14.9 Å². The fourth-order valence-electron chi connectivity index (χ4n) is 2.98. The van der Waals surface area contributed by atoms with Gasteiger partial charge < -0.3 is 5.32 Å². The molecule has 1 aliphatic heterocycles. The van der Waals surface area contributed by atoms with Crippen LogP contribution in [-0.4, -0.2) is 24.1 Å². The molecule has 3 rings (SSSR count). The Morgan fingerprint density at radius 3 is 2.21 bits per heavy atom. The highest BCUT2D eigenvalue weighted by Crippen LogP contribution is 2.41. The number of aryl methyl sites for hydroxylation is 2. The zero-order chi connectivity index (χ0) is 20.3. The zero-order valence-electron chi connectivity index (χ0n) is 16.0. The predicted molar refractivity (Wildman–Crippen MR) is 112 cm³/mol. The van der Waals surface area contributed by atoms with E-state index in [1.807, 2.05) is 68.4 Å². The molecule has 2 amide bonds. The minimum Gasteiger partial charge on any atom is -0.354 e. The second-order valence-corrected chi connectivity index (χ2v) is 7.87. The van der Waals surface area contributed by atoms with Crippen molar-refractivity contribution in [1.29, 1.82) is 5.26 Å². The van der Waals surface area contributed by atoms with E-state index >= 15 is 0 Å². The van der Waals surface area contributed by atoms with Gasteiger partial charge in [-0.05, 0) is 38.0 Å². The molecule has 0 aliphatic carbocycles. The van der Waals surface area contributed by atoms with E-state index in [-0.39, 0.29) is 11.5 Å². The molecule has 1 unspecified atom stereocenters. The van der Waals surface area contributed by atoms with Gasteiger partial charge in [0.15, 0.2) is 0 Å². The number of hydrogen-bond acceptors (Lipinski definition) is 4. The van der Waals surface area contributed by atoms with Crippen molar-refractivity contribution in [2.75, 3.05) is 11.9 Å². The first-order valence-corrected chi connectivity index (χ1v) is 9.82. The summed E-state index contributed by atoms with van der Waals surface area (Å²) in [7, 11) is 1.47. The highest BCUT2D eigenvalue weighted by molar-refractivity contribution is 8.05. The lowest BCUT2D eigenvalue weighted by Crippen LogP contribution is -2.31. The fourth-order valence-corrected chi connectivity index (χ4v) is 4.29. The van der Waals surface area contributed by atoms with Crippen LogP contribution in [0.5, 0.6) is 0 Å². The van der Waals surface area contributed by atoms with Gasteiger partial charge >= 0.3 is 0 Å². The summed E-state index contributed by atoms with van der Waals surface area (Å²) in [6.45, 7) is 3.98. The second kappa shape index (κ2) is 8.32. The number of carbonyl (C=O) groups is 2. The largest absolute Gasteiger partial charge is 0.354 e. The Bertz CT molecular complexity index is 972. The van der Waals surface area contributed by atoms with Crippen LogP contribution in [-0.2, 0) is 16.0 Å². The number of carbonyl (C=O) groups excluding carboxylic acids is 2. The molecule has 1 fully saturated rings. The maximum Gasteiger partial charge on any atom is 0.264 e. The van der Waals surface area contributed by atoms with Crippen LogP contribution in [0.4, 0.5) is 5.69 Å². The Morgan fingerprint density at radius 1 is 1.11 bits per heavy atom. The number of anilines is 1. The van der Waals surface area contributed by atoms with Crippen LogP contribution in [0.15, 0.2) is 59.1 Å². The smallest absolute Gasteiger partial charge is 0.264 e. The van der Waals surface area contributed by atoms with Gasteiger partial charge in [-0.15, -0.1) is 0 Å². The van der Waals surface area contributed by atoms with Gasteiger partial charge in [-0.25, -0.2) is 0 Å². The third-order valence-corrected chi connectivity index (χ3v) is 5.83. The number of nitrogens with one attached hydrogen (secondary N) is 1. The van der Waals surface area contributed by atoms with Crippen LogP contribution in [0, 0.1) is 25.2 Å². The zero-order valence-corrected chi connectivity index (χ0v) is 16.8. The molecule has 1 N–H and O–H groups in total. The molecule has 142 valence electrons. The average molecular weight is 391 g/mol. The molecule has 2 aromatic rings. The second-order valence-electron chi connectivity index (χ2n) is 6.68. The van der Waals surface area contributed by atoms with Gasteiger partial charge in [0.2, 0.25) is 5.91 Å². The van der Waals surface area contributed by atoms with Gasteiger partial charge in [-0.1, -0.05) is 59.3 Å². The summed E-state index contributed by atoms with van der Waals surface area (Å²) in [5, 5.41) is 12.0. The van der Waals surface area contributed by atoms with Crippen molar-refractivity contribution in [2.45, 2.75) is 25.5 Å². The van der Waals surface area contributed by atoms with Crippen LogP contribution in [0.2, 0.25) is 0 Å². The normalized spacial score (nSPS) is 18.0. The van der Waals surface area contributed by atoms with E-state index in [1.165, 1.54) is 23.7 Å². The summed E-state index contributed by atoms with van der Waals surface area (Å²) in [6.07, 6.45) is 0.530. The van der Waals surface area contributed by atoms with E-state index in [4.69, 9.17) is 0 Å². The third-order valence-electron chi connectivity index (χ3n) is 4.57. The summed E-state index contributed by atoms with van der Waals surface area (Å²) in [6, 6.07) is 17.5. The maximum absolute atomic E-state index is 13.2. The maximum atomic E-state index is 13.2. The number of nitrogens with zero attached hydrogens (tertiary/aromatic N) is 2. The molecule has 6 heteroatoms. The number of thioether (sulfide) groups is 1. The van der Waals surface area contributed by atoms with Crippen LogP contribution < -0.4 is 10.2 Å². The van der Waals surface area contributed by atoms with E-state index < -0.39 is 11.2 Å². The van der Waals surface area contributed by atoms with Crippen LogP contribution in [0.25, 0.3) is 0 Å². The quantitative estimate of drug-likeness (QED) is 0.640. The number of likely N-dealkylation sites (N-methyl/N-ethyl adjacent to an activating group) is 1. The van der Waals surface area contributed by atoms with Gasteiger partial charge in [0, 0.05) is 12.7 Å². The van der Waals surface area contributed by atoms with E-state index in [2.05, 4.69) is 5.32 Å². The molecule has 0 saturated carbocycles. The van der Waals surface area contributed by atoms with Crippen molar-refractivity contribution in [2.24, 2.45) is 0 Å². The Labute approximate surface area is 169 Å². The van der Waals surface area contributed by atoms with Crippen LogP contribution in [0.1, 0.15) is 16.7 Å². The predicted octanol–water partition coefficient (Wildman–Crippen LogP) is 3.48. The fraction of sp³-hybridized carbons (Fsp3) is 0.227. The molecule has 28 heavy (non-hydrogen) atoms. The molecule has 0 spiro atoms. The van der Waals surface area contributed by atoms with Crippen molar-refractivity contribution >= 4 is 29.3 Å². The van der Waals surface area contributed by atoms with Crippen molar-refractivity contribution in [1.82, 2.24) is 5.32 Å². The first kappa shape index (κ1) is 19.7. The van der Waals surface area contributed by atoms with E-state index in [1.54, 1.807) is 0 Å². The van der Waals surface area contributed by atoms with Crippen molar-refractivity contribution in [3.05, 3.63) is 75.8 Å². The molecule has 0 bridgehead atoms.